The Kier molecular flexibility index (Phi) is 16.1. The van der Waals surface area contributed by atoms with Crippen molar-refractivity contribution in [1.82, 2.24) is 15.5 Å². The molecule has 0 radical (unpaired) electrons. The molecule has 5 heteroatoms. The maximum atomic E-state index is 4.23. The largest absolute Gasteiger partial charge is 0.356 e. The fourth-order valence-corrected chi connectivity index (χ4v) is 1.90. The number of hydrogen-bond donors (Lipinski definition) is 2. The van der Waals surface area contributed by atoms with E-state index in [1.807, 2.05) is 7.05 Å². The van der Waals surface area contributed by atoms with Crippen LogP contribution in [0.5, 0.6) is 0 Å². The van der Waals surface area contributed by atoms with Crippen LogP contribution in [0.2, 0.25) is 0 Å². The summed E-state index contributed by atoms with van der Waals surface area (Å²) >= 11 is 0. The summed E-state index contributed by atoms with van der Waals surface area (Å²) < 4.78 is 0. The van der Waals surface area contributed by atoms with Gasteiger partial charge < -0.3 is 15.5 Å². The summed E-state index contributed by atoms with van der Waals surface area (Å²) in [5.74, 6) is 0.923. The average Bonchev–Trinajstić information content (AvgIpc) is 2.39. The number of nitrogens with zero attached hydrogens (tertiary/aromatic N) is 2. The number of hydrogen-bond acceptors (Lipinski definition) is 2. The second-order valence-electron chi connectivity index (χ2n) is 4.71. The van der Waals surface area contributed by atoms with Gasteiger partial charge >= 0.3 is 0 Å². The highest BCUT2D eigenvalue weighted by Gasteiger charge is 2.05. The molecular formula is C14H33IN4. The number of halogens is 1. The van der Waals surface area contributed by atoms with Crippen LogP contribution in [0.1, 0.15) is 47.0 Å². The Morgan fingerprint density at radius 1 is 1.21 bits per heavy atom. The number of rotatable bonds is 9. The van der Waals surface area contributed by atoms with Crippen molar-refractivity contribution in [3.05, 3.63) is 0 Å². The molecule has 2 N–H and O–H groups in total. The van der Waals surface area contributed by atoms with Crippen LogP contribution >= 0.6 is 24.0 Å². The van der Waals surface area contributed by atoms with Gasteiger partial charge in [-0.1, -0.05) is 20.8 Å². The van der Waals surface area contributed by atoms with E-state index in [0.29, 0.717) is 6.04 Å². The van der Waals surface area contributed by atoms with E-state index in [1.54, 1.807) is 0 Å². The van der Waals surface area contributed by atoms with Gasteiger partial charge in [0.2, 0.25) is 0 Å². The zero-order valence-electron chi connectivity index (χ0n) is 13.3. The maximum Gasteiger partial charge on any atom is 0.191 e. The first-order valence-corrected chi connectivity index (χ1v) is 7.37. The van der Waals surface area contributed by atoms with E-state index in [2.05, 4.69) is 48.2 Å². The fourth-order valence-electron chi connectivity index (χ4n) is 1.90. The van der Waals surface area contributed by atoms with Crippen molar-refractivity contribution in [3.8, 4) is 0 Å². The first-order valence-electron chi connectivity index (χ1n) is 7.37. The molecule has 0 aromatic carbocycles. The molecular weight excluding hydrogens is 351 g/mol. The highest BCUT2D eigenvalue weighted by atomic mass is 127. The van der Waals surface area contributed by atoms with Gasteiger partial charge in [-0.25, -0.2) is 0 Å². The molecule has 116 valence electrons. The monoisotopic (exact) mass is 384 g/mol. The zero-order valence-corrected chi connectivity index (χ0v) is 15.7. The summed E-state index contributed by atoms with van der Waals surface area (Å²) in [6, 6.07) is 0.476. The molecule has 19 heavy (non-hydrogen) atoms. The summed E-state index contributed by atoms with van der Waals surface area (Å²) in [7, 11) is 1.83. The first-order chi connectivity index (χ1) is 8.67. The topological polar surface area (TPSA) is 39.7 Å². The predicted octanol–water partition coefficient (Wildman–Crippen LogP) is 2.69. The summed E-state index contributed by atoms with van der Waals surface area (Å²) in [5.41, 5.74) is 0. The average molecular weight is 384 g/mol. The molecule has 0 aromatic rings. The minimum atomic E-state index is 0. The van der Waals surface area contributed by atoms with E-state index < -0.39 is 0 Å². The molecule has 0 spiro atoms. The Hall–Kier alpha value is -0.0400. The second kappa shape index (κ2) is 14.4. The van der Waals surface area contributed by atoms with Crippen molar-refractivity contribution in [3.63, 3.8) is 0 Å². The molecule has 0 rings (SSSR count). The molecule has 0 aliphatic rings. The molecule has 0 aliphatic carbocycles. The van der Waals surface area contributed by atoms with Crippen LogP contribution in [0.4, 0.5) is 0 Å². The number of guanidine groups is 1. The minimum absolute atomic E-state index is 0. The van der Waals surface area contributed by atoms with Gasteiger partial charge in [-0.3, -0.25) is 4.99 Å². The van der Waals surface area contributed by atoms with Crippen molar-refractivity contribution >= 4 is 29.9 Å². The highest BCUT2D eigenvalue weighted by Crippen LogP contribution is 1.99. The van der Waals surface area contributed by atoms with Crippen LogP contribution in [0.15, 0.2) is 4.99 Å². The van der Waals surface area contributed by atoms with Gasteiger partial charge in [-0.15, -0.1) is 24.0 Å². The Balaban J connectivity index is 0. The summed E-state index contributed by atoms with van der Waals surface area (Å²) in [5, 5.41) is 6.73. The fraction of sp³-hybridized carbons (Fsp3) is 0.929. The number of nitrogens with one attached hydrogen (secondary N) is 2. The Morgan fingerprint density at radius 3 is 2.32 bits per heavy atom. The molecule has 0 aliphatic heterocycles. The molecule has 0 amide bonds. The lowest BCUT2D eigenvalue weighted by molar-refractivity contribution is 0.292. The number of aliphatic imine (C=N–C) groups is 1. The second-order valence-corrected chi connectivity index (χ2v) is 4.71. The van der Waals surface area contributed by atoms with Gasteiger partial charge in [-0.2, -0.15) is 0 Å². The Bertz CT molecular complexity index is 217. The van der Waals surface area contributed by atoms with Crippen LogP contribution in [0.3, 0.4) is 0 Å². The quantitative estimate of drug-likeness (QED) is 0.365. The lowest BCUT2D eigenvalue weighted by atomic mass is 10.2. The normalized spacial score (nSPS) is 13.1. The predicted molar refractivity (Wildman–Crippen MR) is 96.7 cm³/mol. The maximum absolute atomic E-state index is 4.23. The van der Waals surface area contributed by atoms with Gasteiger partial charge in [0.15, 0.2) is 5.96 Å². The van der Waals surface area contributed by atoms with E-state index in [-0.39, 0.29) is 24.0 Å². The van der Waals surface area contributed by atoms with Crippen LogP contribution in [-0.4, -0.2) is 50.1 Å². The summed E-state index contributed by atoms with van der Waals surface area (Å²) in [4.78, 5) is 6.69. The molecule has 0 fully saturated rings. The van der Waals surface area contributed by atoms with Gasteiger partial charge in [0, 0.05) is 19.6 Å². The van der Waals surface area contributed by atoms with Gasteiger partial charge in [0.1, 0.15) is 0 Å². The third kappa shape index (κ3) is 11.5. The van der Waals surface area contributed by atoms with E-state index in [9.17, 15) is 0 Å². The van der Waals surface area contributed by atoms with Crippen molar-refractivity contribution in [2.75, 3.05) is 33.2 Å². The van der Waals surface area contributed by atoms with E-state index in [4.69, 9.17) is 0 Å². The molecule has 1 unspecified atom stereocenters. The van der Waals surface area contributed by atoms with Crippen molar-refractivity contribution in [2.24, 2.45) is 4.99 Å². The van der Waals surface area contributed by atoms with Crippen LogP contribution in [0.25, 0.3) is 0 Å². The SMILES string of the molecule is CCCNC(=NC)NC(C)CCCN(CC)CC.I. The zero-order chi connectivity index (χ0) is 13.8. The molecule has 0 aromatic heterocycles. The Labute approximate surface area is 136 Å². The third-order valence-electron chi connectivity index (χ3n) is 3.16. The van der Waals surface area contributed by atoms with Gasteiger partial charge in [0.25, 0.3) is 0 Å². The highest BCUT2D eigenvalue weighted by molar-refractivity contribution is 14.0. The minimum Gasteiger partial charge on any atom is -0.356 e. The third-order valence-corrected chi connectivity index (χ3v) is 3.16. The molecule has 0 bridgehead atoms. The molecule has 4 nitrogen and oxygen atoms in total. The van der Waals surface area contributed by atoms with Crippen LogP contribution in [-0.2, 0) is 0 Å². The van der Waals surface area contributed by atoms with Crippen LogP contribution in [0, 0.1) is 0 Å². The standard InChI is InChI=1S/C14H32N4.HI/c1-6-11-16-14(15-5)17-13(4)10-9-12-18(7-2)8-3;/h13H,6-12H2,1-5H3,(H2,15,16,17);1H. The lowest BCUT2D eigenvalue weighted by Gasteiger charge is -2.21. The van der Waals surface area contributed by atoms with Crippen molar-refractivity contribution in [2.45, 2.75) is 53.0 Å². The summed E-state index contributed by atoms with van der Waals surface area (Å²) in [6.45, 7) is 13.3. The molecule has 0 saturated carbocycles. The van der Waals surface area contributed by atoms with E-state index >= 15 is 0 Å². The first kappa shape index (κ1) is 21.3. The molecule has 0 heterocycles. The molecule has 0 saturated heterocycles. The van der Waals surface area contributed by atoms with E-state index in [1.165, 1.54) is 19.4 Å². The van der Waals surface area contributed by atoms with Gasteiger partial charge in [0.05, 0.1) is 0 Å². The van der Waals surface area contributed by atoms with Gasteiger partial charge in [-0.05, 0) is 45.8 Å². The smallest absolute Gasteiger partial charge is 0.191 e. The van der Waals surface area contributed by atoms with E-state index in [0.717, 1.165) is 32.0 Å². The summed E-state index contributed by atoms with van der Waals surface area (Å²) in [6.07, 6.45) is 3.54. The Morgan fingerprint density at radius 2 is 1.84 bits per heavy atom. The lowest BCUT2D eigenvalue weighted by Crippen LogP contribution is -2.42. The van der Waals surface area contributed by atoms with Crippen molar-refractivity contribution in [1.29, 1.82) is 0 Å². The molecule has 1 atom stereocenters. The van der Waals surface area contributed by atoms with Crippen molar-refractivity contribution < 1.29 is 0 Å². The van der Waals surface area contributed by atoms with Crippen LogP contribution < -0.4 is 10.6 Å².